The first kappa shape index (κ1) is 26.7. The van der Waals surface area contributed by atoms with Gasteiger partial charge in [0.1, 0.15) is 16.2 Å². The van der Waals surface area contributed by atoms with Crippen LogP contribution < -0.4 is 10.5 Å². The number of benzene rings is 2. The van der Waals surface area contributed by atoms with E-state index in [4.69, 9.17) is 10.5 Å². The number of nitrogens with zero attached hydrogens (tertiary/aromatic N) is 3. The van der Waals surface area contributed by atoms with Crippen LogP contribution in [-0.2, 0) is 14.8 Å². The van der Waals surface area contributed by atoms with E-state index in [1.165, 1.54) is 31.5 Å². The Hall–Kier alpha value is -3.38. The number of hydrogen-bond acceptors (Lipinski definition) is 7. The van der Waals surface area contributed by atoms with E-state index >= 15 is 0 Å². The van der Waals surface area contributed by atoms with E-state index in [-0.39, 0.29) is 40.7 Å². The van der Waals surface area contributed by atoms with Crippen LogP contribution in [-0.4, -0.2) is 60.9 Å². The molecule has 3 aromatic rings. The number of fused-ring (bicyclic) bond motifs is 1. The number of alkyl halides is 2. The highest BCUT2D eigenvalue weighted by Crippen LogP contribution is 2.34. The lowest BCUT2D eigenvalue weighted by atomic mass is 9.85. The quantitative estimate of drug-likeness (QED) is 0.447. The van der Waals surface area contributed by atoms with Crippen molar-refractivity contribution in [3.63, 3.8) is 0 Å². The van der Waals surface area contributed by atoms with Crippen LogP contribution >= 0.6 is 0 Å². The van der Waals surface area contributed by atoms with Crippen molar-refractivity contribution in [1.82, 2.24) is 14.9 Å². The van der Waals surface area contributed by atoms with Gasteiger partial charge in [-0.05, 0) is 62.6 Å². The minimum absolute atomic E-state index is 0.0477. The van der Waals surface area contributed by atoms with Gasteiger partial charge in [-0.3, -0.25) is 9.52 Å². The summed E-state index contributed by atoms with van der Waals surface area (Å²) in [5, 5.41) is 0. The number of anilines is 2. The second-order valence-corrected chi connectivity index (χ2v) is 11.0. The smallest absolute Gasteiger partial charge is 0.264 e. The lowest BCUT2D eigenvalue weighted by Gasteiger charge is -2.41. The monoisotopic (exact) mass is 533 g/mol. The van der Waals surface area contributed by atoms with Crippen LogP contribution in [0.3, 0.4) is 0 Å². The first-order chi connectivity index (χ1) is 17.4. The molecule has 9 nitrogen and oxygen atoms in total. The van der Waals surface area contributed by atoms with Gasteiger partial charge in [0.05, 0.1) is 17.3 Å². The number of carbonyl (C=O) groups excluding carboxylic acids is 1. The van der Waals surface area contributed by atoms with Gasteiger partial charge in [0.15, 0.2) is 0 Å². The zero-order chi connectivity index (χ0) is 26.8. The normalized spacial score (nSPS) is 16.1. The predicted octanol–water partition coefficient (Wildman–Crippen LogP) is 4.07. The summed E-state index contributed by atoms with van der Waals surface area (Å²) in [7, 11) is -2.48. The standard InChI is InChI=1S/C25H29F2N5O4S/c1-24(26,27)10-11-25(36-2)12-14-32(15-13-25)23(33)17-6-8-18(9-7-17)31-37(34,35)20-5-3-4-19-22(20)29-16-21(28)30-19/h3-9,16,31H,10-15H2,1-2H3,(H2,28,30). The Kier molecular flexibility index (Phi) is 7.33. The van der Waals surface area contributed by atoms with E-state index < -0.39 is 21.5 Å². The van der Waals surface area contributed by atoms with Crippen LogP contribution in [0.5, 0.6) is 0 Å². The number of aromatic nitrogens is 2. The van der Waals surface area contributed by atoms with Crippen LogP contribution in [0, 0.1) is 0 Å². The third kappa shape index (κ3) is 6.13. The number of nitrogen functional groups attached to an aromatic ring is 1. The molecule has 4 rings (SSSR count). The van der Waals surface area contributed by atoms with Crippen molar-refractivity contribution < 1.29 is 26.7 Å². The number of para-hydroxylation sites is 1. The number of ether oxygens (including phenoxy) is 1. The fourth-order valence-electron chi connectivity index (χ4n) is 4.44. The Morgan fingerprint density at radius 1 is 1.19 bits per heavy atom. The highest BCUT2D eigenvalue weighted by atomic mass is 32.2. The topological polar surface area (TPSA) is 128 Å². The SMILES string of the molecule is COC1(CCC(C)(F)F)CCN(C(=O)c2ccc(NS(=O)(=O)c3cccc4nc(N)cnc34)cc2)CC1. The minimum atomic E-state index is -3.99. The molecule has 2 heterocycles. The maximum atomic E-state index is 13.4. The number of carbonyl (C=O) groups is 1. The van der Waals surface area contributed by atoms with Crippen LogP contribution in [0.15, 0.2) is 53.6 Å². The van der Waals surface area contributed by atoms with Gasteiger partial charge in [-0.15, -0.1) is 0 Å². The average Bonchev–Trinajstić information content (AvgIpc) is 2.86. The number of likely N-dealkylation sites (tertiary alicyclic amines) is 1. The van der Waals surface area contributed by atoms with E-state index in [0.29, 0.717) is 37.0 Å². The number of nitrogens with two attached hydrogens (primary N) is 1. The van der Waals surface area contributed by atoms with E-state index in [1.54, 1.807) is 29.2 Å². The summed E-state index contributed by atoms with van der Waals surface area (Å²) in [6, 6.07) is 10.7. The number of halogens is 2. The molecule has 198 valence electrons. The first-order valence-corrected chi connectivity index (χ1v) is 13.3. The van der Waals surface area contributed by atoms with E-state index in [2.05, 4.69) is 14.7 Å². The summed E-state index contributed by atoms with van der Waals surface area (Å²) in [6.45, 7) is 1.65. The zero-order valence-corrected chi connectivity index (χ0v) is 21.4. The van der Waals surface area contributed by atoms with Gasteiger partial charge in [0, 0.05) is 37.9 Å². The van der Waals surface area contributed by atoms with E-state index in [9.17, 15) is 22.0 Å². The van der Waals surface area contributed by atoms with Crippen molar-refractivity contribution in [2.45, 2.75) is 49.0 Å². The summed E-state index contributed by atoms with van der Waals surface area (Å²) in [5.74, 6) is -2.81. The van der Waals surface area contributed by atoms with Crippen LogP contribution in [0.2, 0.25) is 0 Å². The summed E-state index contributed by atoms with van der Waals surface area (Å²) in [4.78, 5) is 22.8. The predicted molar refractivity (Wildman–Crippen MR) is 136 cm³/mol. The molecule has 0 aliphatic carbocycles. The molecule has 12 heteroatoms. The largest absolute Gasteiger partial charge is 0.382 e. The molecule has 1 amide bonds. The number of rotatable bonds is 8. The third-order valence-corrected chi connectivity index (χ3v) is 8.05. The molecule has 1 aromatic heterocycles. The van der Waals surface area contributed by atoms with Gasteiger partial charge in [0.25, 0.3) is 15.9 Å². The molecule has 0 saturated carbocycles. The second-order valence-electron chi connectivity index (χ2n) is 9.35. The fraction of sp³-hybridized carbons (Fsp3) is 0.400. The zero-order valence-electron chi connectivity index (χ0n) is 20.6. The highest BCUT2D eigenvalue weighted by Gasteiger charge is 2.38. The maximum absolute atomic E-state index is 13.4. The number of methoxy groups -OCH3 is 1. The minimum Gasteiger partial charge on any atom is -0.382 e. The molecule has 0 radical (unpaired) electrons. The number of nitrogens with one attached hydrogen (secondary N) is 1. The Labute approximate surface area is 214 Å². The van der Waals surface area contributed by atoms with Crippen molar-refractivity contribution in [2.24, 2.45) is 0 Å². The highest BCUT2D eigenvalue weighted by molar-refractivity contribution is 7.93. The average molecular weight is 534 g/mol. The van der Waals surface area contributed by atoms with Crippen molar-refractivity contribution in [2.75, 3.05) is 30.7 Å². The molecule has 1 aliphatic rings. The summed E-state index contributed by atoms with van der Waals surface area (Å²) >= 11 is 0. The summed E-state index contributed by atoms with van der Waals surface area (Å²) in [5.41, 5.74) is 6.18. The van der Waals surface area contributed by atoms with E-state index in [1.807, 2.05) is 0 Å². The molecule has 1 saturated heterocycles. The van der Waals surface area contributed by atoms with Gasteiger partial charge in [-0.1, -0.05) is 6.07 Å². The lowest BCUT2D eigenvalue weighted by molar-refractivity contribution is -0.0809. The molecule has 2 aromatic carbocycles. The molecule has 37 heavy (non-hydrogen) atoms. The number of sulfonamides is 1. The van der Waals surface area contributed by atoms with Crippen molar-refractivity contribution >= 4 is 38.5 Å². The van der Waals surface area contributed by atoms with E-state index in [0.717, 1.165) is 6.92 Å². The molecular formula is C25H29F2N5O4S. The summed E-state index contributed by atoms with van der Waals surface area (Å²) in [6.07, 6.45) is 2.16. The van der Waals surface area contributed by atoms with Crippen molar-refractivity contribution in [3.05, 3.63) is 54.2 Å². The van der Waals surface area contributed by atoms with Gasteiger partial charge in [-0.25, -0.2) is 27.2 Å². The molecule has 0 atom stereocenters. The third-order valence-electron chi connectivity index (χ3n) is 6.64. The molecule has 1 fully saturated rings. The Balaban J connectivity index is 1.42. The Bertz CT molecular complexity index is 1390. The lowest BCUT2D eigenvalue weighted by Crippen LogP contribution is -2.48. The number of hydrogen-bond donors (Lipinski definition) is 2. The molecule has 0 bridgehead atoms. The summed E-state index contributed by atoms with van der Waals surface area (Å²) < 4.78 is 60.8. The molecule has 3 N–H and O–H groups in total. The molecule has 1 aliphatic heterocycles. The maximum Gasteiger partial charge on any atom is 0.264 e. The van der Waals surface area contributed by atoms with Crippen molar-refractivity contribution in [3.8, 4) is 0 Å². The number of piperidine rings is 1. The van der Waals surface area contributed by atoms with Gasteiger partial charge in [0.2, 0.25) is 5.92 Å². The molecular weight excluding hydrogens is 504 g/mol. The Morgan fingerprint density at radius 2 is 1.86 bits per heavy atom. The van der Waals surface area contributed by atoms with Gasteiger partial charge < -0.3 is 15.4 Å². The van der Waals surface area contributed by atoms with Crippen LogP contribution in [0.4, 0.5) is 20.3 Å². The van der Waals surface area contributed by atoms with Crippen LogP contribution in [0.1, 0.15) is 43.0 Å². The molecule has 0 unspecified atom stereocenters. The number of amides is 1. The van der Waals surface area contributed by atoms with Gasteiger partial charge in [-0.2, -0.15) is 0 Å². The van der Waals surface area contributed by atoms with Crippen molar-refractivity contribution in [1.29, 1.82) is 0 Å². The Morgan fingerprint density at radius 3 is 2.49 bits per heavy atom. The molecule has 0 spiro atoms. The second kappa shape index (κ2) is 10.2. The fourth-order valence-corrected chi connectivity index (χ4v) is 5.67. The van der Waals surface area contributed by atoms with Crippen LogP contribution in [0.25, 0.3) is 11.0 Å². The van der Waals surface area contributed by atoms with Gasteiger partial charge >= 0.3 is 0 Å². The first-order valence-electron chi connectivity index (χ1n) is 11.8.